The summed E-state index contributed by atoms with van der Waals surface area (Å²) in [5, 5.41) is 0. The Hall–Kier alpha value is -2.06. The maximum atomic E-state index is 12.9. The molecule has 0 atom stereocenters. The van der Waals surface area contributed by atoms with E-state index in [0.717, 1.165) is 5.57 Å². The molecule has 0 aliphatic carbocycles. The van der Waals surface area contributed by atoms with E-state index in [9.17, 15) is 13.2 Å². The van der Waals surface area contributed by atoms with E-state index in [2.05, 4.69) is 6.58 Å². The van der Waals surface area contributed by atoms with Crippen molar-refractivity contribution in [3.63, 3.8) is 0 Å². The Morgan fingerprint density at radius 3 is 2.54 bits per heavy atom. The number of esters is 1. The van der Waals surface area contributed by atoms with Gasteiger partial charge in [0, 0.05) is 19.2 Å². The minimum atomic E-state index is -3.64. The molecule has 0 unspecified atom stereocenters. The summed E-state index contributed by atoms with van der Waals surface area (Å²) in [5.74, 6) is 0.426. The molecule has 0 radical (unpaired) electrons. The second kappa shape index (κ2) is 7.67. The first-order valence-electron chi connectivity index (χ1n) is 8.59. The van der Waals surface area contributed by atoms with Crippen molar-refractivity contribution in [2.45, 2.75) is 24.7 Å². The Bertz CT molecular complexity index is 796. The Balaban J connectivity index is 1.65. The largest absolute Gasteiger partial charge is 0.486 e. The van der Waals surface area contributed by atoms with Crippen molar-refractivity contribution in [2.75, 3.05) is 32.9 Å². The fraction of sp³-hybridized carbons (Fsp3) is 0.500. The molecule has 0 spiro atoms. The van der Waals surface area contributed by atoms with Gasteiger partial charge in [0.1, 0.15) is 19.8 Å². The van der Waals surface area contributed by atoms with Crippen LogP contribution in [-0.2, 0) is 19.6 Å². The van der Waals surface area contributed by atoms with Gasteiger partial charge < -0.3 is 14.2 Å². The second-order valence-electron chi connectivity index (χ2n) is 6.55. The van der Waals surface area contributed by atoms with Crippen LogP contribution in [0.15, 0.2) is 35.2 Å². The highest BCUT2D eigenvalue weighted by Crippen LogP contribution is 2.34. The van der Waals surface area contributed by atoms with Gasteiger partial charge in [0.25, 0.3) is 0 Å². The third-order valence-corrected chi connectivity index (χ3v) is 6.29. The summed E-state index contributed by atoms with van der Waals surface area (Å²) in [5.41, 5.74) is 0.775. The molecule has 1 fully saturated rings. The molecule has 8 heteroatoms. The Labute approximate surface area is 153 Å². The van der Waals surface area contributed by atoms with Crippen LogP contribution in [0.5, 0.6) is 11.5 Å². The summed E-state index contributed by atoms with van der Waals surface area (Å²) in [6.07, 6.45) is 0.887. The molecule has 0 N–H and O–H groups in total. The van der Waals surface area contributed by atoms with E-state index >= 15 is 0 Å². The van der Waals surface area contributed by atoms with Crippen LogP contribution in [0.4, 0.5) is 0 Å². The van der Waals surface area contributed by atoms with Crippen molar-refractivity contribution in [3.8, 4) is 11.5 Å². The highest BCUT2D eigenvalue weighted by Gasteiger charge is 2.33. The van der Waals surface area contributed by atoms with Gasteiger partial charge in [-0.15, -0.1) is 0 Å². The first-order valence-corrected chi connectivity index (χ1v) is 10.0. The Kier molecular flexibility index (Phi) is 5.52. The predicted octanol–water partition coefficient (Wildman–Crippen LogP) is 1.98. The zero-order valence-electron chi connectivity index (χ0n) is 14.8. The number of ether oxygens (including phenoxy) is 3. The van der Waals surface area contributed by atoms with Crippen molar-refractivity contribution < 1.29 is 27.4 Å². The third-order valence-electron chi connectivity index (χ3n) is 4.40. The summed E-state index contributed by atoms with van der Waals surface area (Å²) in [6.45, 7) is 7.10. The van der Waals surface area contributed by atoms with Crippen molar-refractivity contribution in [1.82, 2.24) is 4.31 Å². The lowest BCUT2D eigenvalue weighted by Gasteiger charge is -2.30. The molecule has 7 nitrogen and oxygen atoms in total. The summed E-state index contributed by atoms with van der Waals surface area (Å²) in [4.78, 5) is 12.2. The molecular formula is C18H23NO6S. The molecule has 2 heterocycles. The van der Waals surface area contributed by atoms with Crippen LogP contribution in [0.25, 0.3) is 0 Å². The van der Waals surface area contributed by atoms with Crippen molar-refractivity contribution in [3.05, 3.63) is 30.4 Å². The lowest BCUT2D eigenvalue weighted by molar-refractivity contribution is -0.148. The molecule has 0 aromatic heterocycles. The maximum Gasteiger partial charge on any atom is 0.309 e. The standard InChI is InChI=1S/C18H23NO6S/c1-13(2)12-25-18(20)14-5-7-19(8-6-14)26(21,22)15-3-4-16-17(11-15)24-10-9-23-16/h3-4,11,14H,1,5-10,12H2,2H3. The number of sulfonamides is 1. The molecule has 0 bridgehead atoms. The summed E-state index contributed by atoms with van der Waals surface area (Å²) in [6, 6.07) is 4.64. The van der Waals surface area contributed by atoms with Gasteiger partial charge in [0.15, 0.2) is 11.5 Å². The molecule has 1 aromatic carbocycles. The van der Waals surface area contributed by atoms with Gasteiger partial charge in [-0.25, -0.2) is 8.42 Å². The van der Waals surface area contributed by atoms with Gasteiger partial charge in [0.05, 0.1) is 10.8 Å². The third kappa shape index (κ3) is 4.02. The number of benzene rings is 1. The number of carbonyl (C=O) groups excluding carboxylic acids is 1. The van der Waals surface area contributed by atoms with Crippen LogP contribution < -0.4 is 9.47 Å². The van der Waals surface area contributed by atoms with E-state index in [0.29, 0.717) is 37.6 Å². The topological polar surface area (TPSA) is 82.1 Å². The van der Waals surface area contributed by atoms with Crippen LogP contribution >= 0.6 is 0 Å². The van der Waals surface area contributed by atoms with E-state index in [1.54, 1.807) is 13.0 Å². The lowest BCUT2D eigenvalue weighted by Crippen LogP contribution is -2.40. The number of carbonyl (C=O) groups is 1. The number of piperidine rings is 1. The van der Waals surface area contributed by atoms with E-state index in [-0.39, 0.29) is 36.5 Å². The summed E-state index contributed by atoms with van der Waals surface area (Å²) in [7, 11) is -3.64. The van der Waals surface area contributed by atoms with E-state index in [1.165, 1.54) is 16.4 Å². The van der Waals surface area contributed by atoms with Crippen molar-refractivity contribution >= 4 is 16.0 Å². The van der Waals surface area contributed by atoms with E-state index in [1.807, 2.05) is 0 Å². The van der Waals surface area contributed by atoms with E-state index < -0.39 is 10.0 Å². The quantitative estimate of drug-likeness (QED) is 0.573. The molecule has 3 rings (SSSR count). The Morgan fingerprint density at radius 1 is 1.23 bits per heavy atom. The smallest absolute Gasteiger partial charge is 0.309 e. The molecule has 26 heavy (non-hydrogen) atoms. The zero-order chi connectivity index (χ0) is 18.7. The summed E-state index contributed by atoms with van der Waals surface area (Å²) < 4.78 is 43.2. The van der Waals surface area contributed by atoms with Gasteiger partial charge in [-0.1, -0.05) is 6.58 Å². The van der Waals surface area contributed by atoms with Gasteiger partial charge in [-0.3, -0.25) is 4.79 Å². The fourth-order valence-corrected chi connectivity index (χ4v) is 4.46. The first kappa shape index (κ1) is 18.7. The van der Waals surface area contributed by atoms with Crippen LogP contribution in [0.2, 0.25) is 0 Å². The molecular weight excluding hydrogens is 358 g/mol. The minimum absolute atomic E-state index is 0.171. The van der Waals surface area contributed by atoms with Crippen LogP contribution in [0.3, 0.4) is 0 Å². The average molecular weight is 381 g/mol. The highest BCUT2D eigenvalue weighted by molar-refractivity contribution is 7.89. The minimum Gasteiger partial charge on any atom is -0.486 e. The predicted molar refractivity (Wildman–Crippen MR) is 94.7 cm³/mol. The van der Waals surface area contributed by atoms with Gasteiger partial charge >= 0.3 is 5.97 Å². The normalized spacial score (nSPS) is 18.3. The molecule has 142 valence electrons. The zero-order valence-corrected chi connectivity index (χ0v) is 15.6. The first-order chi connectivity index (χ1) is 12.4. The van der Waals surface area contributed by atoms with Crippen molar-refractivity contribution in [2.24, 2.45) is 5.92 Å². The van der Waals surface area contributed by atoms with Gasteiger partial charge in [-0.2, -0.15) is 4.31 Å². The second-order valence-corrected chi connectivity index (χ2v) is 8.49. The van der Waals surface area contributed by atoms with Crippen molar-refractivity contribution in [1.29, 1.82) is 0 Å². The number of nitrogens with zero attached hydrogens (tertiary/aromatic N) is 1. The van der Waals surface area contributed by atoms with E-state index in [4.69, 9.17) is 14.2 Å². The molecule has 0 amide bonds. The molecule has 0 saturated carbocycles. The SMILES string of the molecule is C=C(C)COC(=O)C1CCN(S(=O)(=O)c2ccc3c(c2)OCCO3)CC1. The monoisotopic (exact) mass is 381 g/mol. The number of fused-ring (bicyclic) bond motifs is 1. The Morgan fingerprint density at radius 2 is 1.88 bits per heavy atom. The number of rotatable bonds is 5. The molecule has 1 saturated heterocycles. The summed E-state index contributed by atoms with van der Waals surface area (Å²) >= 11 is 0. The molecule has 1 aromatic rings. The fourth-order valence-electron chi connectivity index (χ4n) is 2.98. The molecule has 2 aliphatic heterocycles. The van der Waals surface area contributed by atoms with Gasteiger partial charge in [0.2, 0.25) is 10.0 Å². The van der Waals surface area contributed by atoms with Gasteiger partial charge in [-0.05, 0) is 37.5 Å². The number of hydrogen-bond acceptors (Lipinski definition) is 6. The maximum absolute atomic E-state index is 12.9. The van der Waals surface area contributed by atoms with Crippen LogP contribution in [0.1, 0.15) is 19.8 Å². The average Bonchev–Trinajstić information content (AvgIpc) is 2.65. The molecule has 2 aliphatic rings. The number of hydrogen-bond donors (Lipinski definition) is 0. The van der Waals surface area contributed by atoms with Crippen LogP contribution in [0, 0.1) is 5.92 Å². The van der Waals surface area contributed by atoms with Crippen LogP contribution in [-0.4, -0.2) is 51.6 Å². The highest BCUT2D eigenvalue weighted by atomic mass is 32.2. The lowest BCUT2D eigenvalue weighted by atomic mass is 9.98.